The smallest absolute Gasteiger partial charge is 0.269 e. The topological polar surface area (TPSA) is 85.6 Å². The molecule has 33 heavy (non-hydrogen) atoms. The van der Waals surface area contributed by atoms with Crippen molar-refractivity contribution in [3.63, 3.8) is 0 Å². The monoisotopic (exact) mass is 457 g/mol. The summed E-state index contributed by atoms with van der Waals surface area (Å²) in [5.41, 5.74) is 4.44. The molecule has 0 fully saturated rings. The number of non-ortho nitro benzene ring substituents is 1. The van der Waals surface area contributed by atoms with Crippen molar-refractivity contribution in [2.45, 2.75) is 13.0 Å². The van der Waals surface area contributed by atoms with E-state index in [4.69, 9.17) is 9.72 Å². The lowest BCUT2D eigenvalue weighted by Gasteiger charge is -2.29. The van der Waals surface area contributed by atoms with Gasteiger partial charge in [0.05, 0.1) is 27.9 Å². The van der Waals surface area contributed by atoms with Crippen LogP contribution >= 0.6 is 11.3 Å². The van der Waals surface area contributed by atoms with E-state index in [2.05, 4.69) is 12.1 Å². The molecule has 0 radical (unpaired) electrons. The van der Waals surface area contributed by atoms with Gasteiger partial charge in [-0.05, 0) is 29.3 Å². The van der Waals surface area contributed by atoms with Gasteiger partial charge in [0.25, 0.3) is 11.6 Å². The number of benzene rings is 3. The molecule has 0 unspecified atom stereocenters. The number of thiazole rings is 1. The van der Waals surface area contributed by atoms with E-state index < -0.39 is 4.92 Å². The molecule has 1 amide bonds. The molecule has 0 aliphatic carbocycles. The van der Waals surface area contributed by atoms with Crippen LogP contribution in [0.5, 0.6) is 5.75 Å². The van der Waals surface area contributed by atoms with Gasteiger partial charge in [0.2, 0.25) is 0 Å². The molecule has 8 heteroatoms. The van der Waals surface area contributed by atoms with Gasteiger partial charge in [0, 0.05) is 29.5 Å². The SMILES string of the molecule is O=C1COc2ccc(-c3csc(Cc4ccccc4)n3)cc2N1Cc1ccc([N+](=O)[O-])cc1. The van der Waals surface area contributed by atoms with Crippen LogP contribution in [0.15, 0.2) is 78.2 Å². The highest BCUT2D eigenvalue weighted by Crippen LogP contribution is 2.37. The van der Waals surface area contributed by atoms with E-state index in [0.29, 0.717) is 18.0 Å². The summed E-state index contributed by atoms with van der Waals surface area (Å²) in [6.45, 7) is 0.254. The average molecular weight is 458 g/mol. The van der Waals surface area contributed by atoms with Crippen LogP contribution in [0.4, 0.5) is 11.4 Å². The van der Waals surface area contributed by atoms with Gasteiger partial charge in [-0.2, -0.15) is 0 Å². The van der Waals surface area contributed by atoms with Crippen LogP contribution in [0.2, 0.25) is 0 Å². The number of carbonyl (C=O) groups is 1. The molecule has 0 saturated heterocycles. The molecule has 0 N–H and O–H groups in total. The fourth-order valence-electron chi connectivity index (χ4n) is 3.74. The minimum absolute atomic E-state index is 0.0181. The number of hydrogen-bond donors (Lipinski definition) is 0. The Hall–Kier alpha value is -4.04. The fourth-order valence-corrected chi connectivity index (χ4v) is 4.57. The zero-order valence-electron chi connectivity index (χ0n) is 17.5. The first kappa shape index (κ1) is 20.8. The van der Waals surface area contributed by atoms with Gasteiger partial charge in [-0.15, -0.1) is 11.3 Å². The largest absolute Gasteiger partial charge is 0.482 e. The van der Waals surface area contributed by atoms with Crippen molar-refractivity contribution in [3.05, 3.63) is 104 Å². The molecule has 1 aromatic heterocycles. The van der Waals surface area contributed by atoms with Gasteiger partial charge in [-0.25, -0.2) is 4.98 Å². The summed E-state index contributed by atoms with van der Waals surface area (Å²) < 4.78 is 5.63. The van der Waals surface area contributed by atoms with E-state index in [1.165, 1.54) is 17.7 Å². The van der Waals surface area contributed by atoms with E-state index >= 15 is 0 Å². The molecule has 0 bridgehead atoms. The predicted molar refractivity (Wildman–Crippen MR) is 127 cm³/mol. The van der Waals surface area contributed by atoms with Crippen LogP contribution in [-0.4, -0.2) is 22.4 Å². The number of nitro benzene ring substituents is 1. The van der Waals surface area contributed by atoms with Crippen molar-refractivity contribution in [1.29, 1.82) is 0 Å². The Balaban J connectivity index is 1.41. The predicted octanol–water partition coefficient (Wildman–Crippen LogP) is 5.23. The van der Waals surface area contributed by atoms with Crippen LogP contribution in [0.3, 0.4) is 0 Å². The summed E-state index contributed by atoms with van der Waals surface area (Å²) in [4.78, 5) is 29.6. The lowest BCUT2D eigenvalue weighted by atomic mass is 10.1. The third-order valence-corrected chi connectivity index (χ3v) is 6.28. The van der Waals surface area contributed by atoms with Gasteiger partial charge >= 0.3 is 0 Å². The first-order valence-corrected chi connectivity index (χ1v) is 11.2. The number of carbonyl (C=O) groups excluding carboxylic acids is 1. The standard InChI is InChI=1S/C25H19N3O4S/c29-25-15-32-23-11-8-19(21-16-33-24(26-21)12-17-4-2-1-3-5-17)13-22(23)27(25)14-18-6-9-20(10-7-18)28(30)31/h1-11,13,16H,12,14-15H2. The van der Waals surface area contributed by atoms with E-state index in [1.807, 2.05) is 41.8 Å². The molecule has 1 aliphatic rings. The number of amides is 1. The maximum absolute atomic E-state index is 12.7. The first-order valence-electron chi connectivity index (χ1n) is 10.4. The molecular weight excluding hydrogens is 438 g/mol. The van der Waals surface area contributed by atoms with Gasteiger partial charge in [-0.3, -0.25) is 14.9 Å². The Labute approximate surface area is 194 Å². The zero-order chi connectivity index (χ0) is 22.8. The summed E-state index contributed by atoms with van der Waals surface area (Å²) >= 11 is 1.61. The first-order chi connectivity index (χ1) is 16.1. The van der Waals surface area contributed by atoms with Crippen LogP contribution in [0.25, 0.3) is 11.3 Å². The molecule has 7 nitrogen and oxygen atoms in total. The third kappa shape index (κ3) is 4.47. The zero-order valence-corrected chi connectivity index (χ0v) is 18.3. The quantitative estimate of drug-likeness (QED) is 0.292. The van der Waals surface area contributed by atoms with Crippen LogP contribution < -0.4 is 9.64 Å². The number of nitro groups is 1. The number of hydrogen-bond acceptors (Lipinski definition) is 6. The Morgan fingerprint density at radius 3 is 2.58 bits per heavy atom. The van der Waals surface area contributed by atoms with E-state index in [1.54, 1.807) is 28.4 Å². The van der Waals surface area contributed by atoms with E-state index in [0.717, 1.165) is 28.2 Å². The van der Waals surface area contributed by atoms with Crippen molar-refractivity contribution in [2.75, 3.05) is 11.5 Å². The fraction of sp³-hybridized carbons (Fsp3) is 0.120. The lowest BCUT2D eigenvalue weighted by molar-refractivity contribution is -0.384. The number of ether oxygens (including phenoxy) is 1. The number of anilines is 1. The highest BCUT2D eigenvalue weighted by Gasteiger charge is 2.26. The molecule has 4 aromatic rings. The van der Waals surface area contributed by atoms with Crippen molar-refractivity contribution < 1.29 is 14.5 Å². The number of aromatic nitrogens is 1. The molecule has 5 rings (SSSR count). The second kappa shape index (κ2) is 8.84. The molecule has 0 spiro atoms. The molecule has 164 valence electrons. The molecular formula is C25H19N3O4S. The lowest BCUT2D eigenvalue weighted by Crippen LogP contribution is -2.38. The normalized spacial score (nSPS) is 12.8. The van der Waals surface area contributed by atoms with Gasteiger partial charge < -0.3 is 9.64 Å². The summed E-state index contributed by atoms with van der Waals surface area (Å²) in [6, 6.07) is 22.1. The van der Waals surface area contributed by atoms with Gasteiger partial charge in [0.15, 0.2) is 6.61 Å². The Morgan fingerprint density at radius 1 is 1.03 bits per heavy atom. The maximum Gasteiger partial charge on any atom is 0.269 e. The third-order valence-electron chi connectivity index (χ3n) is 5.44. The summed E-state index contributed by atoms with van der Waals surface area (Å²) in [6.07, 6.45) is 0.768. The highest BCUT2D eigenvalue weighted by atomic mass is 32.1. The summed E-state index contributed by atoms with van der Waals surface area (Å²) in [5, 5.41) is 14.0. The number of nitrogens with zero attached hydrogens (tertiary/aromatic N) is 3. The van der Waals surface area contributed by atoms with Crippen molar-refractivity contribution in [2.24, 2.45) is 0 Å². The minimum atomic E-state index is -0.439. The average Bonchev–Trinajstić information content (AvgIpc) is 3.30. The van der Waals surface area contributed by atoms with Crippen molar-refractivity contribution >= 4 is 28.6 Å². The van der Waals surface area contributed by atoms with Crippen LogP contribution in [-0.2, 0) is 17.8 Å². The van der Waals surface area contributed by atoms with Gasteiger partial charge in [-0.1, -0.05) is 42.5 Å². The number of rotatable bonds is 6. The Kier molecular flexibility index (Phi) is 5.58. The second-order valence-electron chi connectivity index (χ2n) is 7.66. The van der Waals surface area contributed by atoms with Crippen LogP contribution in [0.1, 0.15) is 16.1 Å². The second-order valence-corrected chi connectivity index (χ2v) is 8.61. The van der Waals surface area contributed by atoms with Crippen molar-refractivity contribution in [3.8, 4) is 17.0 Å². The number of fused-ring (bicyclic) bond motifs is 1. The minimum Gasteiger partial charge on any atom is -0.482 e. The Morgan fingerprint density at radius 2 is 1.82 bits per heavy atom. The molecule has 0 atom stereocenters. The van der Waals surface area contributed by atoms with E-state index in [-0.39, 0.29) is 18.2 Å². The van der Waals surface area contributed by atoms with E-state index in [9.17, 15) is 14.9 Å². The highest BCUT2D eigenvalue weighted by molar-refractivity contribution is 7.10. The maximum atomic E-state index is 12.7. The molecule has 0 saturated carbocycles. The van der Waals surface area contributed by atoms with Crippen molar-refractivity contribution in [1.82, 2.24) is 4.98 Å². The summed E-state index contributed by atoms with van der Waals surface area (Å²) in [7, 11) is 0. The summed E-state index contributed by atoms with van der Waals surface area (Å²) in [5.74, 6) is 0.459. The molecule has 2 heterocycles. The van der Waals surface area contributed by atoms with Crippen LogP contribution in [0, 0.1) is 10.1 Å². The van der Waals surface area contributed by atoms with Gasteiger partial charge in [0.1, 0.15) is 5.75 Å². The molecule has 1 aliphatic heterocycles. The Bertz CT molecular complexity index is 1320. The molecule has 3 aromatic carbocycles.